The van der Waals surface area contributed by atoms with Crippen LogP contribution in [0.3, 0.4) is 0 Å². The topological polar surface area (TPSA) is 65.5 Å². The Morgan fingerprint density at radius 3 is 2.45 bits per heavy atom. The molecular formula is C21H23F3N4O2S. The van der Waals surface area contributed by atoms with E-state index in [0.717, 1.165) is 23.5 Å². The van der Waals surface area contributed by atoms with Crippen LogP contribution in [-0.4, -0.2) is 59.4 Å². The number of hydrogen-bond acceptors (Lipinski definition) is 5. The average molecular weight is 453 g/mol. The number of nitrogens with zero attached hydrogens (tertiary/aromatic N) is 3. The zero-order chi connectivity index (χ0) is 22.4. The van der Waals surface area contributed by atoms with E-state index in [-0.39, 0.29) is 23.3 Å². The molecule has 1 aliphatic heterocycles. The van der Waals surface area contributed by atoms with E-state index in [1.54, 1.807) is 4.90 Å². The zero-order valence-electron chi connectivity index (χ0n) is 17.0. The van der Waals surface area contributed by atoms with Crippen molar-refractivity contribution in [2.24, 2.45) is 0 Å². The maximum atomic E-state index is 12.7. The standard InChI is InChI=1S/C21H23F3N4O2S/c1-15-3-2-4-17(11-15)26-19(29)13-31-14-20(30)28-9-7-27(8-10-28)18-6-5-16(12-25-18)21(22,23)24/h2-6,11-12H,7-10,13-14H2,1H3,(H,26,29). The number of carbonyl (C=O) groups is 2. The summed E-state index contributed by atoms with van der Waals surface area (Å²) in [6.07, 6.45) is -3.59. The Kier molecular flexibility index (Phi) is 7.42. The van der Waals surface area contributed by atoms with Crippen LogP contribution in [-0.2, 0) is 15.8 Å². The molecule has 0 atom stereocenters. The molecule has 0 unspecified atom stereocenters. The van der Waals surface area contributed by atoms with Gasteiger partial charge in [0.1, 0.15) is 5.82 Å². The molecule has 166 valence electrons. The molecule has 0 radical (unpaired) electrons. The van der Waals surface area contributed by atoms with Gasteiger partial charge >= 0.3 is 6.18 Å². The molecule has 1 N–H and O–H groups in total. The summed E-state index contributed by atoms with van der Waals surface area (Å²) in [5, 5.41) is 2.80. The summed E-state index contributed by atoms with van der Waals surface area (Å²) in [5.41, 5.74) is 0.990. The van der Waals surface area contributed by atoms with Gasteiger partial charge in [0, 0.05) is 38.1 Å². The molecular weight excluding hydrogens is 429 g/mol. The summed E-state index contributed by atoms with van der Waals surface area (Å²) in [5.74, 6) is 0.604. The Bertz CT molecular complexity index is 914. The van der Waals surface area contributed by atoms with Crippen LogP contribution in [0.1, 0.15) is 11.1 Å². The van der Waals surface area contributed by atoms with Crippen LogP contribution in [0.2, 0.25) is 0 Å². The van der Waals surface area contributed by atoms with Gasteiger partial charge in [-0.25, -0.2) is 4.98 Å². The van der Waals surface area contributed by atoms with Crippen LogP contribution in [0, 0.1) is 6.92 Å². The van der Waals surface area contributed by atoms with Gasteiger partial charge in [0.25, 0.3) is 0 Å². The molecule has 3 rings (SSSR count). The van der Waals surface area contributed by atoms with E-state index in [2.05, 4.69) is 10.3 Å². The SMILES string of the molecule is Cc1cccc(NC(=O)CSCC(=O)N2CCN(c3ccc(C(F)(F)F)cn3)CC2)c1. The van der Waals surface area contributed by atoms with Crippen molar-refractivity contribution >= 4 is 35.1 Å². The number of piperazine rings is 1. The molecule has 10 heteroatoms. The molecule has 2 aromatic rings. The highest BCUT2D eigenvalue weighted by molar-refractivity contribution is 8.00. The Balaban J connectivity index is 1.39. The third-order valence-corrected chi connectivity index (χ3v) is 5.71. The predicted octanol–water partition coefficient (Wildman–Crippen LogP) is 3.43. The van der Waals surface area contributed by atoms with Gasteiger partial charge in [0.15, 0.2) is 0 Å². The molecule has 1 fully saturated rings. The molecule has 6 nitrogen and oxygen atoms in total. The molecule has 0 aliphatic carbocycles. The summed E-state index contributed by atoms with van der Waals surface area (Å²) in [7, 11) is 0. The van der Waals surface area contributed by atoms with Gasteiger partial charge in [0.05, 0.1) is 17.1 Å². The van der Waals surface area contributed by atoms with Crippen LogP contribution in [0.4, 0.5) is 24.7 Å². The first-order valence-corrected chi connectivity index (χ1v) is 10.9. The van der Waals surface area contributed by atoms with Crippen LogP contribution >= 0.6 is 11.8 Å². The summed E-state index contributed by atoms with van der Waals surface area (Å²) >= 11 is 1.25. The third kappa shape index (κ3) is 6.61. The summed E-state index contributed by atoms with van der Waals surface area (Å²) in [4.78, 5) is 31.9. The number of nitrogens with one attached hydrogen (secondary N) is 1. The van der Waals surface area contributed by atoms with E-state index in [1.807, 2.05) is 36.1 Å². The maximum absolute atomic E-state index is 12.7. The van der Waals surface area contributed by atoms with E-state index in [9.17, 15) is 22.8 Å². The lowest BCUT2D eigenvalue weighted by molar-refractivity contribution is -0.137. The number of aryl methyl sites for hydroxylation is 1. The first-order chi connectivity index (χ1) is 14.7. The second-order valence-corrected chi connectivity index (χ2v) is 8.17. The highest BCUT2D eigenvalue weighted by atomic mass is 32.2. The van der Waals surface area contributed by atoms with Crippen molar-refractivity contribution in [2.75, 3.05) is 47.9 Å². The van der Waals surface area contributed by atoms with Gasteiger partial charge in [-0.05, 0) is 36.8 Å². The Hall–Kier alpha value is -2.75. The van der Waals surface area contributed by atoms with E-state index < -0.39 is 11.7 Å². The van der Waals surface area contributed by atoms with Gasteiger partial charge in [0.2, 0.25) is 11.8 Å². The largest absolute Gasteiger partial charge is 0.417 e. The summed E-state index contributed by atoms with van der Waals surface area (Å²) in [6, 6.07) is 9.85. The molecule has 1 aromatic heterocycles. The lowest BCUT2D eigenvalue weighted by Crippen LogP contribution is -2.49. The number of amides is 2. The van der Waals surface area contributed by atoms with E-state index in [4.69, 9.17) is 0 Å². The van der Waals surface area contributed by atoms with Crippen molar-refractivity contribution < 1.29 is 22.8 Å². The van der Waals surface area contributed by atoms with E-state index >= 15 is 0 Å². The fourth-order valence-corrected chi connectivity index (χ4v) is 3.88. The number of alkyl halides is 3. The molecule has 0 bridgehead atoms. The van der Waals surface area contributed by atoms with Crippen LogP contribution in [0.5, 0.6) is 0 Å². The minimum atomic E-state index is -4.41. The molecule has 1 aromatic carbocycles. The third-order valence-electron chi connectivity index (χ3n) is 4.79. The van der Waals surface area contributed by atoms with E-state index in [1.165, 1.54) is 17.8 Å². The number of halogens is 3. The molecule has 2 amide bonds. The number of rotatable bonds is 6. The monoisotopic (exact) mass is 452 g/mol. The van der Waals surface area contributed by atoms with Gasteiger partial charge in [-0.3, -0.25) is 9.59 Å². The van der Waals surface area contributed by atoms with Crippen LogP contribution in [0.25, 0.3) is 0 Å². The predicted molar refractivity (Wildman–Crippen MR) is 115 cm³/mol. The fourth-order valence-electron chi connectivity index (χ4n) is 3.17. The molecule has 0 spiro atoms. The molecule has 1 aliphatic rings. The highest BCUT2D eigenvalue weighted by Crippen LogP contribution is 2.29. The van der Waals surface area contributed by atoms with Crippen molar-refractivity contribution in [1.29, 1.82) is 0 Å². The van der Waals surface area contributed by atoms with Crippen molar-refractivity contribution in [3.63, 3.8) is 0 Å². The normalized spacial score (nSPS) is 14.5. The molecule has 1 saturated heterocycles. The first kappa shape index (κ1) is 22.9. The number of hydrogen-bond donors (Lipinski definition) is 1. The quantitative estimate of drug-likeness (QED) is 0.728. The number of pyridine rings is 1. The lowest BCUT2D eigenvalue weighted by atomic mass is 10.2. The van der Waals surface area contributed by atoms with Crippen LogP contribution in [0.15, 0.2) is 42.6 Å². The minimum absolute atomic E-state index is 0.0617. The summed E-state index contributed by atoms with van der Waals surface area (Å²) < 4.78 is 38.0. The second kappa shape index (κ2) is 10.0. The van der Waals surface area contributed by atoms with Crippen molar-refractivity contribution in [1.82, 2.24) is 9.88 Å². The van der Waals surface area contributed by atoms with E-state index in [0.29, 0.717) is 32.0 Å². The molecule has 2 heterocycles. The maximum Gasteiger partial charge on any atom is 0.417 e. The fraction of sp³-hybridized carbons (Fsp3) is 0.381. The minimum Gasteiger partial charge on any atom is -0.353 e. The summed E-state index contributed by atoms with van der Waals surface area (Å²) in [6.45, 7) is 3.83. The average Bonchev–Trinajstić information content (AvgIpc) is 2.73. The Labute approximate surface area is 182 Å². The number of thioether (sulfide) groups is 1. The number of anilines is 2. The van der Waals surface area contributed by atoms with Gasteiger partial charge in [-0.1, -0.05) is 12.1 Å². The zero-order valence-corrected chi connectivity index (χ0v) is 17.8. The highest BCUT2D eigenvalue weighted by Gasteiger charge is 2.31. The Morgan fingerprint density at radius 1 is 1.10 bits per heavy atom. The second-order valence-electron chi connectivity index (χ2n) is 7.18. The first-order valence-electron chi connectivity index (χ1n) is 9.72. The van der Waals surface area contributed by atoms with Gasteiger partial charge < -0.3 is 15.1 Å². The van der Waals surface area contributed by atoms with Gasteiger partial charge in [-0.15, -0.1) is 11.8 Å². The van der Waals surface area contributed by atoms with Crippen molar-refractivity contribution in [2.45, 2.75) is 13.1 Å². The molecule has 0 saturated carbocycles. The molecule has 31 heavy (non-hydrogen) atoms. The smallest absolute Gasteiger partial charge is 0.353 e. The number of carbonyl (C=O) groups excluding carboxylic acids is 2. The lowest BCUT2D eigenvalue weighted by Gasteiger charge is -2.35. The van der Waals surface area contributed by atoms with Crippen LogP contribution < -0.4 is 10.2 Å². The van der Waals surface area contributed by atoms with Crippen molar-refractivity contribution in [3.05, 3.63) is 53.7 Å². The Morgan fingerprint density at radius 2 is 1.84 bits per heavy atom. The van der Waals surface area contributed by atoms with Gasteiger partial charge in [-0.2, -0.15) is 13.2 Å². The number of aromatic nitrogens is 1. The number of benzene rings is 1. The van der Waals surface area contributed by atoms with Crippen molar-refractivity contribution in [3.8, 4) is 0 Å².